The van der Waals surface area contributed by atoms with Gasteiger partial charge in [0.2, 0.25) is 0 Å². The average Bonchev–Trinajstić information content (AvgIpc) is 2.25. The molecule has 0 bridgehead atoms. The molecule has 0 unspecified atom stereocenters. The number of amides is 1. The second-order valence-corrected chi connectivity index (χ2v) is 6.63. The number of alkyl carbamates (subject to hydrolysis) is 1. The summed E-state index contributed by atoms with van der Waals surface area (Å²) in [6.07, 6.45) is -0.500. The Kier molecular flexibility index (Phi) is 6.30. The Balaban J connectivity index is 2.44. The maximum Gasteiger partial charge on any atom is 0.407 e. The minimum Gasteiger partial charge on any atom is -0.444 e. The van der Waals surface area contributed by atoms with Crippen molar-refractivity contribution < 1.29 is 14.3 Å². The zero-order valence-electron chi connectivity index (χ0n) is 12.7. The predicted octanol–water partition coefficient (Wildman–Crippen LogP) is 2.35. The lowest BCUT2D eigenvalue weighted by Crippen LogP contribution is -2.53. The van der Waals surface area contributed by atoms with Crippen LogP contribution in [0.5, 0.6) is 0 Å². The number of carbonyl (C=O) groups excluding carboxylic acids is 1. The van der Waals surface area contributed by atoms with Gasteiger partial charge < -0.3 is 14.8 Å². The van der Waals surface area contributed by atoms with E-state index >= 15 is 0 Å². The van der Waals surface area contributed by atoms with Crippen molar-refractivity contribution in [2.75, 3.05) is 26.2 Å². The van der Waals surface area contributed by atoms with Crippen molar-refractivity contribution in [3.05, 3.63) is 11.6 Å². The number of ether oxygens (including phenoxy) is 2. The third-order valence-electron chi connectivity index (χ3n) is 2.87. The molecular formula is C14H25ClN2O3. The first-order chi connectivity index (χ1) is 9.17. The third-order valence-corrected chi connectivity index (χ3v) is 2.99. The Morgan fingerprint density at radius 3 is 2.80 bits per heavy atom. The molecule has 0 aliphatic carbocycles. The molecule has 1 amide bonds. The number of halogens is 1. The van der Waals surface area contributed by atoms with Crippen molar-refractivity contribution in [3.63, 3.8) is 0 Å². The van der Waals surface area contributed by atoms with E-state index in [4.69, 9.17) is 21.1 Å². The smallest absolute Gasteiger partial charge is 0.407 e. The number of hydrogen-bond donors (Lipinski definition) is 1. The quantitative estimate of drug-likeness (QED) is 0.866. The molecule has 2 atom stereocenters. The summed E-state index contributed by atoms with van der Waals surface area (Å²) in [5.74, 6) is 0. The summed E-state index contributed by atoms with van der Waals surface area (Å²) >= 11 is 5.83. The number of nitrogens with one attached hydrogen (secondary N) is 1. The molecule has 0 aromatic rings. The molecule has 0 spiro atoms. The van der Waals surface area contributed by atoms with Gasteiger partial charge in [-0.2, -0.15) is 0 Å². The van der Waals surface area contributed by atoms with Gasteiger partial charge in [0, 0.05) is 24.7 Å². The van der Waals surface area contributed by atoms with Crippen molar-refractivity contribution in [3.8, 4) is 0 Å². The second kappa shape index (κ2) is 7.29. The van der Waals surface area contributed by atoms with Gasteiger partial charge in [0.15, 0.2) is 0 Å². The van der Waals surface area contributed by atoms with Crippen LogP contribution in [0.25, 0.3) is 0 Å². The van der Waals surface area contributed by atoms with Gasteiger partial charge in [0.05, 0.1) is 18.8 Å². The van der Waals surface area contributed by atoms with Crippen LogP contribution in [0.15, 0.2) is 11.6 Å². The average molecular weight is 305 g/mol. The van der Waals surface area contributed by atoms with Crippen LogP contribution in [-0.4, -0.2) is 55.0 Å². The fourth-order valence-electron chi connectivity index (χ4n) is 2.01. The topological polar surface area (TPSA) is 50.8 Å². The van der Waals surface area contributed by atoms with E-state index in [1.54, 1.807) is 0 Å². The van der Waals surface area contributed by atoms with Crippen LogP contribution in [0, 0.1) is 0 Å². The van der Waals surface area contributed by atoms with Crippen LogP contribution in [0.1, 0.15) is 27.7 Å². The summed E-state index contributed by atoms with van der Waals surface area (Å²) in [6.45, 7) is 13.9. The summed E-state index contributed by atoms with van der Waals surface area (Å²) in [7, 11) is 0. The van der Waals surface area contributed by atoms with E-state index in [1.165, 1.54) is 0 Å². The number of hydrogen-bond acceptors (Lipinski definition) is 4. The molecule has 1 rings (SSSR count). The lowest BCUT2D eigenvalue weighted by molar-refractivity contribution is -0.0418. The molecule has 0 saturated carbocycles. The number of morpholine rings is 1. The zero-order valence-corrected chi connectivity index (χ0v) is 13.5. The number of carbonyl (C=O) groups is 1. The van der Waals surface area contributed by atoms with Gasteiger partial charge in [0.25, 0.3) is 0 Å². The van der Waals surface area contributed by atoms with Crippen LogP contribution in [0.2, 0.25) is 0 Å². The van der Waals surface area contributed by atoms with Gasteiger partial charge in [-0.15, -0.1) is 0 Å². The van der Waals surface area contributed by atoms with Crippen molar-refractivity contribution >= 4 is 17.7 Å². The largest absolute Gasteiger partial charge is 0.444 e. The minimum absolute atomic E-state index is 0.0766. The SMILES string of the molecule is C=C(Cl)CN1CCO[C@H]([C@H](C)NC(=O)OC(C)(C)C)C1. The van der Waals surface area contributed by atoms with Crippen molar-refractivity contribution in [1.82, 2.24) is 10.2 Å². The first-order valence-electron chi connectivity index (χ1n) is 6.84. The molecule has 0 aromatic carbocycles. The van der Waals surface area contributed by atoms with Crippen LogP contribution in [0.4, 0.5) is 4.79 Å². The monoisotopic (exact) mass is 304 g/mol. The molecule has 0 radical (unpaired) electrons. The summed E-state index contributed by atoms with van der Waals surface area (Å²) in [6, 6.07) is -0.128. The predicted molar refractivity (Wildman–Crippen MR) is 80.0 cm³/mol. The minimum atomic E-state index is -0.500. The van der Waals surface area contributed by atoms with Gasteiger partial charge in [-0.05, 0) is 27.7 Å². The number of rotatable bonds is 4. The maximum absolute atomic E-state index is 11.7. The van der Waals surface area contributed by atoms with Crippen molar-refractivity contribution in [2.45, 2.75) is 45.4 Å². The first kappa shape index (κ1) is 17.3. The van der Waals surface area contributed by atoms with Crippen molar-refractivity contribution in [1.29, 1.82) is 0 Å². The fourth-order valence-corrected chi connectivity index (χ4v) is 2.18. The normalized spacial score (nSPS) is 22.1. The molecule has 1 aliphatic rings. The van der Waals surface area contributed by atoms with E-state index in [0.717, 1.165) is 6.54 Å². The highest BCUT2D eigenvalue weighted by Gasteiger charge is 2.27. The zero-order chi connectivity index (χ0) is 15.3. The van der Waals surface area contributed by atoms with Gasteiger partial charge in [0.1, 0.15) is 5.60 Å². The van der Waals surface area contributed by atoms with E-state index < -0.39 is 11.7 Å². The van der Waals surface area contributed by atoms with E-state index in [9.17, 15) is 4.79 Å². The molecule has 1 aliphatic heterocycles. The summed E-state index contributed by atoms with van der Waals surface area (Å²) in [4.78, 5) is 13.9. The van der Waals surface area contributed by atoms with E-state index in [-0.39, 0.29) is 12.1 Å². The summed E-state index contributed by atoms with van der Waals surface area (Å²) < 4.78 is 10.9. The van der Waals surface area contributed by atoms with Crippen LogP contribution < -0.4 is 5.32 Å². The molecule has 1 fully saturated rings. The Labute approximate surface area is 126 Å². The van der Waals surface area contributed by atoms with Crippen LogP contribution in [0.3, 0.4) is 0 Å². The Morgan fingerprint density at radius 2 is 2.25 bits per heavy atom. The molecular weight excluding hydrogens is 280 g/mol. The van der Waals surface area contributed by atoms with E-state index in [0.29, 0.717) is 24.7 Å². The molecule has 116 valence electrons. The second-order valence-electron chi connectivity index (χ2n) is 6.10. The highest BCUT2D eigenvalue weighted by atomic mass is 35.5. The molecule has 1 saturated heterocycles. The number of nitrogens with zero attached hydrogens (tertiary/aromatic N) is 1. The molecule has 1 heterocycles. The standard InChI is InChI=1S/C14H25ClN2O3/c1-10(15)8-17-6-7-19-12(9-17)11(2)16-13(18)20-14(3,4)5/h11-12H,1,6-9H2,2-5H3,(H,16,18)/t11-,12-/m0/s1. The lowest BCUT2D eigenvalue weighted by atomic mass is 10.1. The van der Waals surface area contributed by atoms with Gasteiger partial charge in [-0.25, -0.2) is 4.79 Å². The molecule has 0 aromatic heterocycles. The summed E-state index contributed by atoms with van der Waals surface area (Å²) in [5.41, 5.74) is -0.500. The molecule has 20 heavy (non-hydrogen) atoms. The Hall–Kier alpha value is -0.780. The maximum atomic E-state index is 11.7. The third kappa shape index (κ3) is 6.59. The first-order valence-corrected chi connectivity index (χ1v) is 7.22. The highest BCUT2D eigenvalue weighted by Crippen LogP contribution is 2.13. The van der Waals surface area contributed by atoms with Gasteiger partial charge in [-0.1, -0.05) is 18.2 Å². The molecule has 5 nitrogen and oxygen atoms in total. The molecule has 6 heteroatoms. The Morgan fingerprint density at radius 1 is 1.60 bits per heavy atom. The van der Waals surface area contributed by atoms with Crippen molar-refractivity contribution in [2.24, 2.45) is 0 Å². The summed E-state index contributed by atoms with van der Waals surface area (Å²) in [5, 5.41) is 3.42. The lowest BCUT2D eigenvalue weighted by Gasteiger charge is -2.36. The fraction of sp³-hybridized carbons (Fsp3) is 0.786. The Bertz CT molecular complexity index is 355. The van der Waals surface area contributed by atoms with Crippen LogP contribution >= 0.6 is 11.6 Å². The van der Waals surface area contributed by atoms with Gasteiger partial charge in [-0.3, -0.25) is 4.90 Å². The molecule has 1 N–H and O–H groups in total. The highest BCUT2D eigenvalue weighted by molar-refractivity contribution is 6.29. The van der Waals surface area contributed by atoms with E-state index in [1.807, 2.05) is 27.7 Å². The van der Waals surface area contributed by atoms with Crippen LogP contribution in [-0.2, 0) is 9.47 Å². The van der Waals surface area contributed by atoms with Gasteiger partial charge >= 0.3 is 6.09 Å². The van der Waals surface area contributed by atoms with E-state index in [2.05, 4.69) is 16.8 Å².